The monoisotopic (exact) mass is 460 g/mol. The molecule has 1 aromatic heterocycles. The fourth-order valence-corrected chi connectivity index (χ4v) is 3.40. The Balaban J connectivity index is 0.00000208. The molecule has 0 radical (unpaired) electrons. The highest BCUT2D eigenvalue weighted by Gasteiger charge is 2.44. The molecular weight excluding hydrogens is 438 g/mol. The molecule has 1 saturated carbocycles. The van der Waals surface area contributed by atoms with Crippen LogP contribution < -0.4 is 10.6 Å². The highest BCUT2D eigenvalue weighted by atomic mass is 127. The third kappa shape index (κ3) is 4.66. The molecule has 0 spiro atoms. The minimum atomic E-state index is -0.170. The number of nitrogens with zero attached hydrogens (tertiary/aromatic N) is 2. The zero-order chi connectivity index (χ0) is 16.3. The van der Waals surface area contributed by atoms with Crippen LogP contribution in [0.5, 0.6) is 0 Å². The molecule has 1 aliphatic carbocycles. The molecule has 2 aromatic rings. The first kappa shape index (κ1) is 19.1. The van der Waals surface area contributed by atoms with E-state index in [1.54, 1.807) is 30.5 Å². The van der Waals surface area contributed by atoms with Crippen molar-refractivity contribution in [2.75, 3.05) is 13.6 Å². The first-order valence-corrected chi connectivity index (χ1v) is 8.55. The zero-order valence-electron chi connectivity index (χ0n) is 13.8. The fraction of sp³-hybridized carbons (Fsp3) is 0.412. The molecule has 1 aliphatic rings. The molecule has 1 fully saturated rings. The van der Waals surface area contributed by atoms with Gasteiger partial charge in [0.15, 0.2) is 5.96 Å². The first-order valence-electron chi connectivity index (χ1n) is 7.73. The van der Waals surface area contributed by atoms with Crippen molar-refractivity contribution in [3.05, 3.63) is 51.7 Å². The second-order valence-corrected chi connectivity index (χ2v) is 7.23. The number of nitrogens with one attached hydrogen (secondary N) is 2. The third-order valence-corrected chi connectivity index (χ3v) is 5.12. The van der Waals surface area contributed by atoms with Gasteiger partial charge in [-0.3, -0.25) is 4.99 Å². The summed E-state index contributed by atoms with van der Waals surface area (Å²) < 4.78 is 13.4. The third-order valence-electron chi connectivity index (χ3n) is 4.21. The van der Waals surface area contributed by atoms with Gasteiger partial charge in [0.05, 0.1) is 11.6 Å². The summed E-state index contributed by atoms with van der Waals surface area (Å²) in [5.74, 6) is 0.593. The number of aliphatic imine (C=N–C) groups is 1. The van der Waals surface area contributed by atoms with Gasteiger partial charge in [-0.25, -0.2) is 9.37 Å². The summed E-state index contributed by atoms with van der Waals surface area (Å²) in [6.45, 7) is 3.47. The van der Waals surface area contributed by atoms with E-state index in [0.717, 1.165) is 35.9 Å². The molecule has 1 aromatic carbocycles. The Labute approximate surface area is 163 Å². The predicted molar refractivity (Wildman–Crippen MR) is 108 cm³/mol. The van der Waals surface area contributed by atoms with Gasteiger partial charge in [0, 0.05) is 30.1 Å². The van der Waals surface area contributed by atoms with E-state index < -0.39 is 0 Å². The van der Waals surface area contributed by atoms with E-state index in [0.29, 0.717) is 6.54 Å². The van der Waals surface area contributed by atoms with Crippen LogP contribution in [-0.4, -0.2) is 24.5 Å². The van der Waals surface area contributed by atoms with Crippen molar-refractivity contribution in [1.82, 2.24) is 15.6 Å². The van der Waals surface area contributed by atoms with Crippen LogP contribution in [0, 0.1) is 12.7 Å². The number of rotatable bonds is 5. The summed E-state index contributed by atoms with van der Waals surface area (Å²) in [5.41, 5.74) is 1.11. The summed E-state index contributed by atoms with van der Waals surface area (Å²) in [7, 11) is 1.76. The number of thiazole rings is 1. The van der Waals surface area contributed by atoms with Crippen LogP contribution in [0.1, 0.15) is 28.3 Å². The second kappa shape index (κ2) is 8.24. The second-order valence-electron chi connectivity index (χ2n) is 5.92. The molecule has 0 amide bonds. The van der Waals surface area contributed by atoms with Crippen molar-refractivity contribution < 1.29 is 4.39 Å². The molecule has 0 unspecified atom stereocenters. The van der Waals surface area contributed by atoms with Gasteiger partial charge < -0.3 is 10.6 Å². The molecule has 130 valence electrons. The number of hydrogen-bond donors (Lipinski definition) is 2. The lowest BCUT2D eigenvalue weighted by Gasteiger charge is -2.19. The standard InChI is InChI=1S/C17H21FN4S.HI/c1-12-20-9-15(23-12)10-21-16(19-2)22-11-17(6-7-17)13-4-3-5-14(18)8-13;/h3-5,8-9H,6-7,10-11H2,1-2H3,(H2,19,21,22);1H. The van der Waals surface area contributed by atoms with E-state index in [4.69, 9.17) is 0 Å². The van der Waals surface area contributed by atoms with Gasteiger partial charge in [-0.2, -0.15) is 0 Å². The molecule has 7 heteroatoms. The maximum atomic E-state index is 13.4. The van der Waals surface area contributed by atoms with E-state index in [1.165, 1.54) is 10.9 Å². The lowest BCUT2D eigenvalue weighted by molar-refractivity contribution is 0.607. The average molecular weight is 460 g/mol. The first-order chi connectivity index (χ1) is 11.1. The molecule has 0 aliphatic heterocycles. The summed E-state index contributed by atoms with van der Waals surface area (Å²) >= 11 is 1.68. The Morgan fingerprint density at radius 3 is 2.75 bits per heavy atom. The summed E-state index contributed by atoms with van der Waals surface area (Å²) in [4.78, 5) is 9.68. The highest BCUT2D eigenvalue weighted by Crippen LogP contribution is 2.47. The maximum Gasteiger partial charge on any atom is 0.191 e. The minimum Gasteiger partial charge on any atom is -0.356 e. The minimum absolute atomic E-state index is 0. The SMILES string of the molecule is CN=C(NCc1cnc(C)s1)NCC1(c2cccc(F)c2)CC1.I. The summed E-state index contributed by atoms with van der Waals surface area (Å²) in [5, 5.41) is 7.73. The van der Waals surface area contributed by atoms with Crippen molar-refractivity contribution in [2.24, 2.45) is 4.99 Å². The quantitative estimate of drug-likeness (QED) is 0.407. The molecule has 1 heterocycles. The maximum absolute atomic E-state index is 13.4. The molecule has 3 rings (SSSR count). The average Bonchev–Trinajstić information content (AvgIpc) is 3.23. The summed E-state index contributed by atoms with van der Waals surface area (Å²) in [6, 6.07) is 6.92. The zero-order valence-corrected chi connectivity index (χ0v) is 17.0. The lowest BCUT2D eigenvalue weighted by Crippen LogP contribution is -2.40. The van der Waals surface area contributed by atoms with E-state index >= 15 is 0 Å². The number of benzene rings is 1. The predicted octanol–water partition coefficient (Wildman–Crippen LogP) is 3.61. The molecular formula is C17H22FIN4S. The molecule has 4 nitrogen and oxygen atoms in total. The summed E-state index contributed by atoms with van der Waals surface area (Å²) in [6.07, 6.45) is 4.04. The number of guanidine groups is 1. The molecule has 2 N–H and O–H groups in total. The van der Waals surface area contributed by atoms with Crippen molar-refractivity contribution >= 4 is 41.3 Å². The largest absolute Gasteiger partial charge is 0.356 e. The van der Waals surface area contributed by atoms with Crippen LogP contribution >= 0.6 is 35.3 Å². The lowest BCUT2D eigenvalue weighted by atomic mass is 9.96. The van der Waals surface area contributed by atoms with Gasteiger partial charge in [0.2, 0.25) is 0 Å². The van der Waals surface area contributed by atoms with Gasteiger partial charge in [0.1, 0.15) is 5.82 Å². The fourth-order valence-electron chi connectivity index (χ4n) is 2.67. The van der Waals surface area contributed by atoms with Crippen LogP contribution in [0.25, 0.3) is 0 Å². The van der Waals surface area contributed by atoms with Crippen LogP contribution in [0.15, 0.2) is 35.5 Å². The normalized spacial score (nSPS) is 15.5. The van der Waals surface area contributed by atoms with Gasteiger partial charge in [-0.15, -0.1) is 35.3 Å². The smallest absolute Gasteiger partial charge is 0.191 e. The highest BCUT2D eigenvalue weighted by molar-refractivity contribution is 14.0. The van der Waals surface area contributed by atoms with Gasteiger partial charge in [-0.05, 0) is 37.5 Å². The number of halogens is 2. The molecule has 0 saturated heterocycles. The van der Waals surface area contributed by atoms with E-state index in [1.807, 2.05) is 19.2 Å². The van der Waals surface area contributed by atoms with Crippen LogP contribution in [0.3, 0.4) is 0 Å². The number of aryl methyl sites for hydroxylation is 1. The Morgan fingerprint density at radius 1 is 1.38 bits per heavy atom. The van der Waals surface area contributed by atoms with E-state index in [2.05, 4.69) is 20.6 Å². The van der Waals surface area contributed by atoms with Crippen LogP contribution in [-0.2, 0) is 12.0 Å². The molecule has 24 heavy (non-hydrogen) atoms. The topological polar surface area (TPSA) is 49.3 Å². The Hall–Kier alpha value is -1.22. The van der Waals surface area contributed by atoms with Gasteiger partial charge >= 0.3 is 0 Å². The molecule has 0 bridgehead atoms. The Kier molecular flexibility index (Phi) is 6.56. The van der Waals surface area contributed by atoms with Crippen LogP contribution in [0.2, 0.25) is 0 Å². The van der Waals surface area contributed by atoms with Gasteiger partial charge in [-0.1, -0.05) is 12.1 Å². The number of hydrogen-bond acceptors (Lipinski definition) is 3. The Morgan fingerprint density at radius 2 is 2.17 bits per heavy atom. The van der Waals surface area contributed by atoms with Crippen LogP contribution in [0.4, 0.5) is 4.39 Å². The van der Waals surface area contributed by atoms with Crippen molar-refractivity contribution in [3.63, 3.8) is 0 Å². The number of aromatic nitrogens is 1. The Bertz CT molecular complexity index is 712. The van der Waals surface area contributed by atoms with Crippen molar-refractivity contribution in [3.8, 4) is 0 Å². The van der Waals surface area contributed by atoms with Gasteiger partial charge in [0.25, 0.3) is 0 Å². The molecule has 0 atom stereocenters. The van der Waals surface area contributed by atoms with Crippen molar-refractivity contribution in [2.45, 2.75) is 31.7 Å². The van der Waals surface area contributed by atoms with E-state index in [9.17, 15) is 4.39 Å². The van der Waals surface area contributed by atoms with E-state index in [-0.39, 0.29) is 35.2 Å². The van der Waals surface area contributed by atoms with Crippen molar-refractivity contribution in [1.29, 1.82) is 0 Å².